The second kappa shape index (κ2) is 6.72. The van der Waals surface area contributed by atoms with E-state index >= 15 is 0 Å². The van der Waals surface area contributed by atoms with Crippen LogP contribution in [0.4, 0.5) is 4.79 Å². The van der Waals surface area contributed by atoms with Crippen molar-refractivity contribution in [2.24, 2.45) is 5.41 Å². The molecule has 2 rings (SSSR count). The van der Waals surface area contributed by atoms with E-state index in [2.05, 4.69) is 10.6 Å². The lowest BCUT2D eigenvalue weighted by atomic mass is 10.1. The van der Waals surface area contributed by atoms with E-state index in [9.17, 15) is 9.90 Å². The molecule has 2 amide bonds. The number of hydrogen-bond acceptors (Lipinski definition) is 3. The van der Waals surface area contributed by atoms with Gasteiger partial charge in [0.1, 0.15) is 0 Å². The molecule has 110 valence electrons. The summed E-state index contributed by atoms with van der Waals surface area (Å²) in [5, 5.41) is 15.0. The Morgan fingerprint density at radius 1 is 1.40 bits per heavy atom. The maximum Gasteiger partial charge on any atom is 0.315 e. The van der Waals surface area contributed by atoms with Crippen LogP contribution in [0, 0.1) is 5.41 Å². The third kappa shape index (κ3) is 3.95. The zero-order valence-corrected chi connectivity index (χ0v) is 11.8. The molecule has 1 aromatic rings. The molecular formula is C15H22N2O3. The molecule has 1 aromatic carbocycles. The van der Waals surface area contributed by atoms with Gasteiger partial charge in [-0.3, -0.25) is 0 Å². The van der Waals surface area contributed by atoms with Gasteiger partial charge in [-0.15, -0.1) is 0 Å². The smallest absolute Gasteiger partial charge is 0.315 e. The summed E-state index contributed by atoms with van der Waals surface area (Å²) in [6.07, 6.45) is 1.95. The summed E-state index contributed by atoms with van der Waals surface area (Å²) in [7, 11) is 1.61. The van der Waals surface area contributed by atoms with Crippen LogP contribution >= 0.6 is 0 Å². The number of carbonyl (C=O) groups is 1. The van der Waals surface area contributed by atoms with Gasteiger partial charge < -0.3 is 20.5 Å². The molecule has 1 fully saturated rings. The number of amides is 2. The summed E-state index contributed by atoms with van der Waals surface area (Å²) < 4.78 is 5.16. The fourth-order valence-corrected chi connectivity index (χ4v) is 2.12. The fourth-order valence-electron chi connectivity index (χ4n) is 2.12. The number of aliphatic hydroxyl groups excluding tert-OH is 1. The van der Waals surface area contributed by atoms with Crippen molar-refractivity contribution in [2.75, 3.05) is 26.9 Å². The summed E-state index contributed by atoms with van der Waals surface area (Å²) in [5.74, 6) is 0. The van der Waals surface area contributed by atoms with Crippen molar-refractivity contribution in [3.63, 3.8) is 0 Å². The first-order valence-electron chi connectivity index (χ1n) is 6.88. The van der Waals surface area contributed by atoms with E-state index in [1.165, 1.54) is 0 Å². The third-order valence-corrected chi connectivity index (χ3v) is 3.76. The predicted octanol–water partition coefficient (Wildman–Crippen LogP) is 1.45. The van der Waals surface area contributed by atoms with E-state index in [1.807, 2.05) is 30.3 Å². The number of rotatable bonds is 7. The monoisotopic (exact) mass is 278 g/mol. The van der Waals surface area contributed by atoms with Crippen LogP contribution in [0.5, 0.6) is 0 Å². The molecule has 1 unspecified atom stereocenters. The van der Waals surface area contributed by atoms with E-state index in [0.29, 0.717) is 13.2 Å². The molecule has 0 spiro atoms. The SMILES string of the molecule is COCC(NC(=O)NCC1(CO)CC1)c1ccccc1. The van der Waals surface area contributed by atoms with E-state index in [1.54, 1.807) is 7.11 Å². The van der Waals surface area contributed by atoms with Gasteiger partial charge in [0.15, 0.2) is 0 Å². The Morgan fingerprint density at radius 3 is 2.65 bits per heavy atom. The molecule has 3 N–H and O–H groups in total. The van der Waals surface area contributed by atoms with E-state index in [4.69, 9.17) is 4.74 Å². The number of ether oxygens (including phenoxy) is 1. The number of methoxy groups -OCH3 is 1. The highest BCUT2D eigenvalue weighted by atomic mass is 16.5. The number of hydrogen-bond donors (Lipinski definition) is 3. The summed E-state index contributed by atoms with van der Waals surface area (Å²) >= 11 is 0. The van der Waals surface area contributed by atoms with Gasteiger partial charge in [-0.25, -0.2) is 4.79 Å². The Hall–Kier alpha value is -1.59. The maximum absolute atomic E-state index is 11.9. The average molecular weight is 278 g/mol. The zero-order valence-electron chi connectivity index (χ0n) is 11.8. The van der Waals surface area contributed by atoms with Crippen LogP contribution in [0.3, 0.4) is 0 Å². The Bertz CT molecular complexity index is 432. The van der Waals surface area contributed by atoms with Crippen LogP contribution in [0.1, 0.15) is 24.4 Å². The molecular weight excluding hydrogens is 256 g/mol. The van der Waals surface area contributed by atoms with Crippen molar-refractivity contribution in [1.82, 2.24) is 10.6 Å². The average Bonchev–Trinajstić information content (AvgIpc) is 3.26. The predicted molar refractivity (Wildman–Crippen MR) is 76.3 cm³/mol. The highest BCUT2D eigenvalue weighted by Crippen LogP contribution is 2.44. The van der Waals surface area contributed by atoms with Gasteiger partial charge in [-0.1, -0.05) is 30.3 Å². The topological polar surface area (TPSA) is 70.6 Å². The van der Waals surface area contributed by atoms with Crippen molar-refractivity contribution >= 4 is 6.03 Å². The minimum absolute atomic E-state index is 0.0825. The lowest BCUT2D eigenvalue weighted by Gasteiger charge is -2.20. The molecule has 0 radical (unpaired) electrons. The van der Waals surface area contributed by atoms with Gasteiger partial charge in [0.25, 0.3) is 0 Å². The molecule has 5 heteroatoms. The lowest BCUT2D eigenvalue weighted by Crippen LogP contribution is -2.42. The number of benzene rings is 1. The minimum atomic E-state index is -0.226. The maximum atomic E-state index is 11.9. The number of nitrogens with one attached hydrogen (secondary N) is 2. The largest absolute Gasteiger partial charge is 0.396 e. The second-order valence-corrected chi connectivity index (χ2v) is 5.40. The Morgan fingerprint density at radius 2 is 2.10 bits per heavy atom. The van der Waals surface area contributed by atoms with Gasteiger partial charge in [0, 0.05) is 19.1 Å². The molecule has 5 nitrogen and oxygen atoms in total. The first-order chi connectivity index (χ1) is 9.69. The first kappa shape index (κ1) is 14.8. The van der Waals surface area contributed by atoms with Crippen molar-refractivity contribution in [3.05, 3.63) is 35.9 Å². The van der Waals surface area contributed by atoms with Gasteiger partial charge in [-0.2, -0.15) is 0 Å². The Labute approximate surface area is 119 Å². The molecule has 0 bridgehead atoms. The van der Waals surface area contributed by atoms with Gasteiger partial charge in [0.05, 0.1) is 19.3 Å². The fraction of sp³-hybridized carbons (Fsp3) is 0.533. The molecule has 0 aromatic heterocycles. The van der Waals surface area contributed by atoms with Crippen molar-refractivity contribution in [1.29, 1.82) is 0 Å². The first-order valence-corrected chi connectivity index (χ1v) is 6.88. The van der Waals surface area contributed by atoms with E-state index in [0.717, 1.165) is 18.4 Å². The van der Waals surface area contributed by atoms with Crippen LogP contribution in [0.25, 0.3) is 0 Å². The van der Waals surface area contributed by atoms with Crippen LogP contribution in [-0.2, 0) is 4.74 Å². The van der Waals surface area contributed by atoms with Crippen molar-refractivity contribution in [3.8, 4) is 0 Å². The minimum Gasteiger partial charge on any atom is -0.396 e. The van der Waals surface area contributed by atoms with Gasteiger partial charge >= 0.3 is 6.03 Å². The lowest BCUT2D eigenvalue weighted by molar-refractivity contribution is 0.164. The quantitative estimate of drug-likeness (QED) is 0.707. The molecule has 20 heavy (non-hydrogen) atoms. The molecule has 1 aliphatic carbocycles. The normalized spacial score (nSPS) is 17.3. The highest BCUT2D eigenvalue weighted by molar-refractivity contribution is 5.74. The van der Waals surface area contributed by atoms with Gasteiger partial charge in [0.2, 0.25) is 0 Å². The summed E-state index contributed by atoms with van der Waals surface area (Å²) in [6.45, 7) is 1.07. The molecule has 0 saturated heterocycles. The van der Waals surface area contributed by atoms with Gasteiger partial charge in [-0.05, 0) is 18.4 Å². The number of aliphatic hydroxyl groups is 1. The summed E-state index contributed by atoms with van der Waals surface area (Å²) in [5.41, 5.74) is 0.925. The molecule has 0 heterocycles. The summed E-state index contributed by atoms with van der Waals surface area (Å²) in [4.78, 5) is 11.9. The van der Waals surface area contributed by atoms with Crippen molar-refractivity contribution < 1.29 is 14.6 Å². The molecule has 1 atom stereocenters. The second-order valence-electron chi connectivity index (χ2n) is 5.40. The van der Waals surface area contributed by atoms with Crippen LogP contribution in [0.2, 0.25) is 0 Å². The van der Waals surface area contributed by atoms with E-state index < -0.39 is 0 Å². The van der Waals surface area contributed by atoms with Crippen LogP contribution in [0.15, 0.2) is 30.3 Å². The Balaban J connectivity index is 1.86. The zero-order chi connectivity index (χ0) is 14.4. The number of urea groups is 1. The Kier molecular flexibility index (Phi) is 4.98. The molecule has 0 aliphatic heterocycles. The molecule has 1 saturated carbocycles. The summed E-state index contributed by atoms with van der Waals surface area (Å²) in [6, 6.07) is 9.32. The van der Waals surface area contributed by atoms with E-state index in [-0.39, 0.29) is 24.1 Å². The standard InChI is InChI=1S/C15H22N2O3/c1-20-9-13(12-5-3-2-4-6-12)17-14(19)16-10-15(11-18)7-8-15/h2-6,13,18H,7-11H2,1H3,(H2,16,17,19). The van der Waals surface area contributed by atoms with Crippen LogP contribution < -0.4 is 10.6 Å². The number of carbonyl (C=O) groups excluding carboxylic acids is 1. The highest BCUT2D eigenvalue weighted by Gasteiger charge is 2.42. The van der Waals surface area contributed by atoms with Crippen LogP contribution in [-0.4, -0.2) is 38.0 Å². The van der Waals surface area contributed by atoms with Crippen molar-refractivity contribution in [2.45, 2.75) is 18.9 Å². The third-order valence-electron chi connectivity index (χ3n) is 3.76. The molecule has 1 aliphatic rings.